The number of phenolic OH excluding ortho intramolecular Hbond substituents is 1. The number of ketones is 2. The first-order chi connectivity index (χ1) is 17.0. The molecule has 3 aliphatic carbocycles. The lowest BCUT2D eigenvalue weighted by atomic mass is 9.54. The van der Waals surface area contributed by atoms with Gasteiger partial charge in [-0.05, 0) is 62.7 Å². The van der Waals surface area contributed by atoms with Gasteiger partial charge in [-0.1, -0.05) is 6.07 Å². The Morgan fingerprint density at radius 1 is 1.17 bits per heavy atom. The van der Waals surface area contributed by atoms with Gasteiger partial charge in [-0.2, -0.15) is 0 Å². The number of rotatable bonds is 3. The molecule has 1 amide bonds. The zero-order valence-electron chi connectivity index (χ0n) is 19.8. The van der Waals surface area contributed by atoms with Crippen molar-refractivity contribution in [3.8, 4) is 17.0 Å². The Labute approximate surface area is 206 Å². The predicted molar refractivity (Wildman–Crippen MR) is 127 cm³/mol. The van der Waals surface area contributed by atoms with Crippen molar-refractivity contribution in [1.82, 2.24) is 9.88 Å². The first kappa shape index (κ1) is 24.1. The fraction of sp³-hybridized carbons (Fsp3) is 0.385. The number of primary amides is 1. The lowest BCUT2D eigenvalue weighted by molar-refractivity contribution is -0.184. The van der Waals surface area contributed by atoms with Crippen LogP contribution in [0.1, 0.15) is 17.5 Å². The van der Waals surface area contributed by atoms with Gasteiger partial charge in [0.1, 0.15) is 17.4 Å². The summed E-state index contributed by atoms with van der Waals surface area (Å²) in [5.74, 6) is -7.61. The second-order valence-electron chi connectivity index (χ2n) is 9.99. The maximum Gasteiger partial charge on any atom is 0.230 e. The highest BCUT2D eigenvalue weighted by Crippen LogP contribution is 2.53. The number of carbonyl (C=O) groups is 3. The Hall–Kier alpha value is -3.60. The summed E-state index contributed by atoms with van der Waals surface area (Å²) >= 11 is 0. The van der Waals surface area contributed by atoms with Gasteiger partial charge in [0, 0.05) is 29.3 Å². The SMILES string of the molecule is CN(C)[C@@H]1C(O)C(C(N)=O)C(=O)[C@@]2(O)C(=O)C3=C(O)c4c(O)ccc(-c5ccccn5)c4C[C@H]3C[C@@H]12. The molecule has 10 nitrogen and oxygen atoms in total. The smallest absolute Gasteiger partial charge is 0.230 e. The minimum atomic E-state index is -2.67. The summed E-state index contributed by atoms with van der Waals surface area (Å²) in [7, 11) is 3.23. The molecule has 2 fully saturated rings. The molecule has 1 aromatic carbocycles. The van der Waals surface area contributed by atoms with E-state index >= 15 is 0 Å². The number of fused-ring (bicyclic) bond motifs is 3. The summed E-state index contributed by atoms with van der Waals surface area (Å²) in [6, 6.07) is 7.50. The van der Waals surface area contributed by atoms with E-state index in [-0.39, 0.29) is 29.7 Å². The molecule has 0 spiro atoms. The van der Waals surface area contributed by atoms with Gasteiger partial charge in [-0.3, -0.25) is 19.4 Å². The molecule has 6 N–H and O–H groups in total. The van der Waals surface area contributed by atoms with E-state index in [2.05, 4.69) is 4.98 Å². The van der Waals surface area contributed by atoms with E-state index in [1.165, 1.54) is 6.07 Å². The van der Waals surface area contributed by atoms with Crippen LogP contribution >= 0.6 is 0 Å². The molecule has 2 unspecified atom stereocenters. The number of amides is 1. The summed E-state index contributed by atoms with van der Waals surface area (Å²) in [6.07, 6.45) is 0.382. The average Bonchev–Trinajstić information content (AvgIpc) is 2.81. The Bertz CT molecular complexity index is 1320. The summed E-state index contributed by atoms with van der Waals surface area (Å²) < 4.78 is 0. The van der Waals surface area contributed by atoms with E-state index < -0.39 is 58.7 Å². The van der Waals surface area contributed by atoms with Crippen molar-refractivity contribution >= 4 is 23.2 Å². The first-order valence-corrected chi connectivity index (χ1v) is 11.6. The molecule has 10 heteroatoms. The lowest BCUT2D eigenvalue weighted by Crippen LogP contribution is -2.73. The summed E-state index contributed by atoms with van der Waals surface area (Å²) in [5.41, 5.74) is 4.44. The van der Waals surface area contributed by atoms with Gasteiger partial charge in [0.15, 0.2) is 11.4 Å². The van der Waals surface area contributed by atoms with Gasteiger partial charge in [0.25, 0.3) is 0 Å². The molecule has 36 heavy (non-hydrogen) atoms. The topological polar surface area (TPSA) is 174 Å². The van der Waals surface area contributed by atoms with Crippen LogP contribution in [0, 0.1) is 17.8 Å². The van der Waals surface area contributed by atoms with Crippen molar-refractivity contribution in [2.45, 2.75) is 30.6 Å². The van der Waals surface area contributed by atoms with Crippen LogP contribution in [-0.2, 0) is 20.8 Å². The number of pyridine rings is 1. The molecule has 5 rings (SSSR count). The third-order valence-electron chi connectivity index (χ3n) is 7.91. The number of nitrogens with two attached hydrogens (primary N) is 1. The number of nitrogens with zero attached hydrogens (tertiary/aromatic N) is 2. The van der Waals surface area contributed by atoms with Gasteiger partial charge < -0.3 is 31.1 Å². The van der Waals surface area contributed by atoms with Crippen LogP contribution in [0.3, 0.4) is 0 Å². The highest BCUT2D eigenvalue weighted by molar-refractivity contribution is 6.25. The maximum absolute atomic E-state index is 13.8. The minimum Gasteiger partial charge on any atom is -0.507 e. The van der Waals surface area contributed by atoms with Gasteiger partial charge in [-0.15, -0.1) is 0 Å². The third-order valence-corrected chi connectivity index (χ3v) is 7.91. The second-order valence-corrected chi connectivity index (χ2v) is 9.99. The molecule has 0 saturated heterocycles. The van der Waals surface area contributed by atoms with Crippen LogP contribution < -0.4 is 5.73 Å². The van der Waals surface area contributed by atoms with E-state index in [1.54, 1.807) is 43.4 Å². The Morgan fingerprint density at radius 3 is 2.50 bits per heavy atom. The number of aliphatic hydroxyl groups is 3. The van der Waals surface area contributed by atoms with Crippen molar-refractivity contribution in [3.63, 3.8) is 0 Å². The number of aliphatic hydroxyl groups excluding tert-OH is 2. The molecule has 188 valence electrons. The van der Waals surface area contributed by atoms with Crippen LogP contribution in [0.25, 0.3) is 17.0 Å². The fourth-order valence-electron chi connectivity index (χ4n) is 6.37. The summed E-state index contributed by atoms with van der Waals surface area (Å²) in [6.45, 7) is 0. The van der Waals surface area contributed by atoms with E-state index in [0.717, 1.165) is 0 Å². The number of Topliss-reactive ketones (excluding diaryl/α,β-unsaturated/α-hetero) is 2. The van der Waals surface area contributed by atoms with Crippen LogP contribution in [0.15, 0.2) is 42.1 Å². The fourth-order valence-corrected chi connectivity index (χ4v) is 6.37. The Morgan fingerprint density at radius 2 is 1.89 bits per heavy atom. The number of aromatic nitrogens is 1. The van der Waals surface area contributed by atoms with E-state index in [1.807, 2.05) is 6.07 Å². The van der Waals surface area contributed by atoms with Crippen LogP contribution in [0.2, 0.25) is 0 Å². The molecule has 0 aliphatic heterocycles. The van der Waals surface area contributed by atoms with Gasteiger partial charge in [-0.25, -0.2) is 0 Å². The second kappa shape index (κ2) is 8.22. The minimum absolute atomic E-state index is 0.0405. The number of aromatic hydroxyl groups is 1. The molecule has 1 aromatic heterocycles. The Balaban J connectivity index is 1.71. The standard InChI is InChI=1S/C26H27N3O7/c1-29(2)20-14-10-11-9-13-12(15-5-3-4-8-28-15)6-7-16(30)18(13)21(31)17(11)23(33)26(14,36)24(34)19(22(20)32)25(27)35/h3-8,11,14,19-20,22,30-32,36H,9-10H2,1-2H3,(H2,27,35)/t11-,14-,19?,20-,22?,26-/m0/s1. The van der Waals surface area contributed by atoms with E-state index in [4.69, 9.17) is 5.73 Å². The number of hydrogen-bond donors (Lipinski definition) is 5. The van der Waals surface area contributed by atoms with Crippen molar-refractivity contribution in [2.24, 2.45) is 23.5 Å². The van der Waals surface area contributed by atoms with Crippen LogP contribution in [0.5, 0.6) is 5.75 Å². The number of phenols is 1. The van der Waals surface area contributed by atoms with E-state index in [0.29, 0.717) is 16.8 Å². The average molecular weight is 494 g/mol. The molecule has 1 heterocycles. The summed E-state index contributed by atoms with van der Waals surface area (Å²) in [5, 5.41) is 44.5. The van der Waals surface area contributed by atoms with Gasteiger partial charge in [0.05, 0.1) is 17.4 Å². The largest absolute Gasteiger partial charge is 0.507 e. The zero-order valence-corrected chi connectivity index (χ0v) is 19.8. The molecule has 0 bridgehead atoms. The van der Waals surface area contributed by atoms with Crippen molar-refractivity contribution in [3.05, 3.63) is 53.2 Å². The maximum atomic E-state index is 13.8. The highest BCUT2D eigenvalue weighted by Gasteiger charge is 2.67. The lowest BCUT2D eigenvalue weighted by Gasteiger charge is -2.53. The van der Waals surface area contributed by atoms with Crippen molar-refractivity contribution in [2.75, 3.05) is 14.1 Å². The molecular weight excluding hydrogens is 466 g/mol. The number of benzene rings is 1. The Kier molecular flexibility index (Phi) is 5.51. The number of carbonyl (C=O) groups excluding carboxylic acids is 3. The zero-order chi connectivity index (χ0) is 26.1. The van der Waals surface area contributed by atoms with Crippen molar-refractivity contribution in [1.29, 1.82) is 0 Å². The molecule has 2 aromatic rings. The van der Waals surface area contributed by atoms with Crippen LogP contribution in [-0.4, -0.2) is 79.6 Å². The van der Waals surface area contributed by atoms with Gasteiger partial charge >= 0.3 is 0 Å². The molecule has 2 saturated carbocycles. The molecular formula is C26H27N3O7. The molecule has 0 radical (unpaired) electrons. The first-order valence-electron chi connectivity index (χ1n) is 11.6. The number of likely N-dealkylation sites (N-methyl/N-ethyl adjacent to an activating group) is 1. The normalized spacial score (nSPS) is 31.6. The van der Waals surface area contributed by atoms with Crippen molar-refractivity contribution < 1.29 is 34.8 Å². The number of hydrogen-bond acceptors (Lipinski definition) is 9. The third kappa shape index (κ3) is 3.15. The van der Waals surface area contributed by atoms with E-state index in [9.17, 15) is 34.8 Å². The predicted octanol–water partition coefficient (Wildman–Crippen LogP) is 0.191. The molecule has 3 aliphatic rings. The van der Waals surface area contributed by atoms with Crippen LogP contribution in [0.4, 0.5) is 0 Å². The highest BCUT2D eigenvalue weighted by atomic mass is 16.3. The molecule has 6 atom stereocenters. The monoisotopic (exact) mass is 493 g/mol. The quantitative estimate of drug-likeness (QED) is 0.374. The summed E-state index contributed by atoms with van der Waals surface area (Å²) in [4.78, 5) is 45.2. The van der Waals surface area contributed by atoms with Gasteiger partial charge in [0.2, 0.25) is 11.7 Å².